The van der Waals surface area contributed by atoms with Gasteiger partial charge in [-0.2, -0.15) is 0 Å². The number of hydrogen-bond acceptors (Lipinski definition) is 5. The third kappa shape index (κ3) is 4.07. The molecule has 2 aliphatic rings. The number of sulfone groups is 2. The van der Waals surface area contributed by atoms with Crippen LogP contribution in [0.1, 0.15) is 12.8 Å². The van der Waals surface area contributed by atoms with Gasteiger partial charge in [-0.05, 0) is 37.2 Å². The molecule has 3 rings (SSSR count). The minimum atomic E-state index is -3.08. The molecule has 2 fully saturated rings. The highest BCUT2D eigenvalue weighted by Crippen LogP contribution is 2.26. The highest BCUT2D eigenvalue weighted by molar-refractivity contribution is 7.92. The normalized spacial score (nSPS) is 27.7. The van der Waals surface area contributed by atoms with E-state index in [1.807, 2.05) is 35.2 Å². The quantitative estimate of drug-likeness (QED) is 0.775. The smallest absolute Gasteiger partial charge is 0.173 e. The summed E-state index contributed by atoms with van der Waals surface area (Å²) in [5.41, 5.74) is 0.800. The fraction of sp³-hybridized carbons (Fsp3) is 0.533. The van der Waals surface area contributed by atoms with Crippen molar-refractivity contribution >= 4 is 42.7 Å². The van der Waals surface area contributed by atoms with Crippen LogP contribution in [0.15, 0.2) is 30.3 Å². The Morgan fingerprint density at radius 1 is 0.958 bits per heavy atom. The summed E-state index contributed by atoms with van der Waals surface area (Å²) in [6.07, 6.45) is 0.963. The summed E-state index contributed by atoms with van der Waals surface area (Å²) >= 11 is 5.51. The Hall–Kier alpha value is -1.19. The number of rotatable bonds is 3. The van der Waals surface area contributed by atoms with E-state index in [1.54, 1.807) is 0 Å². The van der Waals surface area contributed by atoms with Crippen molar-refractivity contribution in [1.82, 2.24) is 4.90 Å². The van der Waals surface area contributed by atoms with Gasteiger partial charge in [0, 0.05) is 17.8 Å². The van der Waals surface area contributed by atoms with Crippen molar-refractivity contribution in [3.05, 3.63) is 30.3 Å². The zero-order valence-electron chi connectivity index (χ0n) is 13.1. The predicted octanol–water partition coefficient (Wildman–Crippen LogP) is 1.06. The van der Waals surface area contributed by atoms with Gasteiger partial charge in [-0.15, -0.1) is 0 Å². The maximum atomic E-state index is 11.9. The first kappa shape index (κ1) is 17.6. The minimum absolute atomic E-state index is 0.0279. The van der Waals surface area contributed by atoms with Crippen LogP contribution in [0.25, 0.3) is 0 Å². The van der Waals surface area contributed by atoms with Crippen LogP contribution >= 0.6 is 12.2 Å². The number of benzene rings is 1. The monoisotopic (exact) mass is 388 g/mol. The summed E-state index contributed by atoms with van der Waals surface area (Å²) in [6, 6.07) is 8.82. The molecule has 0 bridgehead atoms. The van der Waals surface area contributed by atoms with Crippen molar-refractivity contribution in [3.63, 3.8) is 0 Å². The topological polar surface area (TPSA) is 83.6 Å². The molecule has 6 nitrogen and oxygen atoms in total. The van der Waals surface area contributed by atoms with Crippen LogP contribution in [0.2, 0.25) is 0 Å². The van der Waals surface area contributed by atoms with Crippen LogP contribution in [0.4, 0.5) is 5.69 Å². The van der Waals surface area contributed by atoms with Crippen LogP contribution in [0, 0.1) is 0 Å². The van der Waals surface area contributed by atoms with Crippen LogP contribution in [0.3, 0.4) is 0 Å². The van der Waals surface area contributed by atoms with E-state index in [0.29, 0.717) is 18.0 Å². The first-order valence-electron chi connectivity index (χ1n) is 7.81. The lowest BCUT2D eigenvalue weighted by Crippen LogP contribution is -2.50. The molecule has 2 saturated heterocycles. The molecule has 0 aliphatic carbocycles. The largest absolute Gasteiger partial charge is 0.341 e. The third-order valence-electron chi connectivity index (χ3n) is 4.46. The SMILES string of the molecule is O=S1(=O)CC[C@H](N(C(=S)Nc2ccccc2)[C@H]2CCS(=O)(=O)C2)C1. The van der Waals surface area contributed by atoms with E-state index < -0.39 is 19.7 Å². The Morgan fingerprint density at radius 2 is 1.46 bits per heavy atom. The lowest BCUT2D eigenvalue weighted by Gasteiger charge is -2.35. The molecule has 2 atom stereocenters. The third-order valence-corrected chi connectivity index (χ3v) is 8.28. The van der Waals surface area contributed by atoms with Crippen LogP contribution < -0.4 is 5.32 Å². The van der Waals surface area contributed by atoms with Gasteiger partial charge in [-0.1, -0.05) is 18.2 Å². The van der Waals surface area contributed by atoms with Crippen LogP contribution in [0.5, 0.6) is 0 Å². The Balaban J connectivity index is 1.83. The van der Waals surface area contributed by atoms with E-state index in [0.717, 1.165) is 5.69 Å². The van der Waals surface area contributed by atoms with Crippen molar-refractivity contribution < 1.29 is 16.8 Å². The second-order valence-corrected chi connectivity index (χ2v) is 11.2. The summed E-state index contributed by atoms with van der Waals surface area (Å²) in [7, 11) is -6.17. The molecular weight excluding hydrogens is 368 g/mol. The summed E-state index contributed by atoms with van der Waals surface area (Å²) < 4.78 is 47.4. The summed E-state index contributed by atoms with van der Waals surface area (Å²) in [4.78, 5) is 1.82. The highest BCUT2D eigenvalue weighted by atomic mass is 32.2. The average molecular weight is 389 g/mol. The number of nitrogens with zero attached hydrogens (tertiary/aromatic N) is 1. The Labute approximate surface area is 148 Å². The zero-order valence-corrected chi connectivity index (χ0v) is 15.5. The van der Waals surface area contributed by atoms with Gasteiger partial charge in [0.15, 0.2) is 24.8 Å². The van der Waals surface area contributed by atoms with Crippen molar-refractivity contribution in [2.45, 2.75) is 24.9 Å². The minimum Gasteiger partial charge on any atom is -0.341 e. The molecule has 0 radical (unpaired) electrons. The maximum Gasteiger partial charge on any atom is 0.173 e. The van der Waals surface area contributed by atoms with Crippen molar-refractivity contribution in [3.8, 4) is 0 Å². The Kier molecular flexibility index (Phi) is 4.85. The number of nitrogens with one attached hydrogen (secondary N) is 1. The van der Waals surface area contributed by atoms with Gasteiger partial charge in [0.2, 0.25) is 0 Å². The lowest BCUT2D eigenvalue weighted by molar-refractivity contribution is 0.273. The van der Waals surface area contributed by atoms with Crippen molar-refractivity contribution in [2.24, 2.45) is 0 Å². The van der Waals surface area contributed by atoms with E-state index >= 15 is 0 Å². The molecule has 2 aliphatic heterocycles. The van der Waals surface area contributed by atoms with Gasteiger partial charge in [-0.25, -0.2) is 16.8 Å². The first-order valence-corrected chi connectivity index (χ1v) is 11.9. The first-order chi connectivity index (χ1) is 11.3. The van der Waals surface area contributed by atoms with Crippen LogP contribution in [-0.4, -0.2) is 61.9 Å². The molecule has 0 spiro atoms. The summed E-state index contributed by atoms with van der Waals surface area (Å²) in [6.45, 7) is 0. The lowest BCUT2D eigenvalue weighted by atomic mass is 10.1. The van der Waals surface area contributed by atoms with Gasteiger partial charge >= 0.3 is 0 Å². The average Bonchev–Trinajstić information content (AvgIpc) is 3.03. The Morgan fingerprint density at radius 3 is 1.88 bits per heavy atom. The fourth-order valence-corrected chi connectivity index (χ4v) is 7.17. The van der Waals surface area contributed by atoms with Gasteiger partial charge in [0.05, 0.1) is 23.0 Å². The van der Waals surface area contributed by atoms with Gasteiger partial charge in [0.25, 0.3) is 0 Å². The van der Waals surface area contributed by atoms with E-state index in [1.165, 1.54) is 0 Å². The predicted molar refractivity (Wildman–Crippen MR) is 98.6 cm³/mol. The zero-order chi connectivity index (χ0) is 17.4. The number of hydrogen-bond donors (Lipinski definition) is 1. The van der Waals surface area contributed by atoms with Gasteiger partial charge in [0.1, 0.15) is 0 Å². The molecule has 0 amide bonds. The van der Waals surface area contributed by atoms with Gasteiger partial charge < -0.3 is 10.2 Å². The standard InChI is InChI=1S/C15H20N2O4S3/c18-23(19)8-6-13(10-23)17(14-7-9-24(20,21)11-14)15(22)16-12-4-2-1-3-5-12/h1-5,13-14H,6-11H2,(H,16,22)/t13-,14-/m0/s1. The molecule has 1 N–H and O–H groups in total. The maximum absolute atomic E-state index is 11.9. The Bertz CT molecular complexity index is 778. The summed E-state index contributed by atoms with van der Waals surface area (Å²) in [5.74, 6) is 0.309. The second-order valence-electron chi connectivity index (χ2n) is 6.32. The number of para-hydroxylation sites is 1. The van der Waals surface area contributed by atoms with Crippen LogP contribution in [-0.2, 0) is 19.7 Å². The highest BCUT2D eigenvalue weighted by Gasteiger charge is 2.41. The fourth-order valence-electron chi connectivity index (χ4n) is 3.33. The van der Waals surface area contributed by atoms with E-state index in [2.05, 4.69) is 5.32 Å². The number of thiocarbonyl (C=S) groups is 1. The van der Waals surface area contributed by atoms with Gasteiger partial charge in [-0.3, -0.25) is 0 Å². The van der Waals surface area contributed by atoms with Crippen molar-refractivity contribution in [1.29, 1.82) is 0 Å². The van der Waals surface area contributed by atoms with Crippen molar-refractivity contribution in [2.75, 3.05) is 28.3 Å². The molecule has 0 saturated carbocycles. The molecule has 24 heavy (non-hydrogen) atoms. The molecule has 2 heterocycles. The second kappa shape index (κ2) is 6.61. The number of anilines is 1. The molecule has 132 valence electrons. The molecule has 1 aromatic rings. The summed E-state index contributed by atoms with van der Waals surface area (Å²) in [5, 5.41) is 3.51. The van der Waals surface area contributed by atoms with E-state index in [-0.39, 0.29) is 35.1 Å². The molecule has 9 heteroatoms. The van der Waals surface area contributed by atoms with E-state index in [9.17, 15) is 16.8 Å². The molecule has 0 aromatic heterocycles. The molecule has 0 unspecified atom stereocenters. The molecule has 1 aromatic carbocycles. The van der Waals surface area contributed by atoms with E-state index in [4.69, 9.17) is 12.2 Å². The molecular formula is C15H20N2O4S3.